The van der Waals surface area contributed by atoms with Gasteiger partial charge >= 0.3 is 0 Å². The number of carbonyl (C=O) groups excluding carboxylic acids is 2. The van der Waals surface area contributed by atoms with Crippen molar-refractivity contribution in [2.75, 3.05) is 43.0 Å². The van der Waals surface area contributed by atoms with Gasteiger partial charge in [0.1, 0.15) is 11.6 Å². The highest BCUT2D eigenvalue weighted by Gasteiger charge is 2.22. The Morgan fingerprint density at radius 3 is 2.53 bits per heavy atom. The summed E-state index contributed by atoms with van der Waals surface area (Å²) in [6, 6.07) is 17.8. The lowest BCUT2D eigenvalue weighted by Gasteiger charge is -2.23. The number of hydrogen-bond donors (Lipinski definition) is 1. The molecule has 7 nitrogen and oxygen atoms in total. The summed E-state index contributed by atoms with van der Waals surface area (Å²) in [6.45, 7) is 2.50. The third-order valence-corrected chi connectivity index (χ3v) is 5.96. The van der Waals surface area contributed by atoms with Crippen LogP contribution in [-0.4, -0.2) is 54.5 Å². The van der Waals surface area contributed by atoms with Crippen molar-refractivity contribution in [2.45, 2.75) is 6.42 Å². The van der Waals surface area contributed by atoms with Crippen LogP contribution in [0.1, 0.15) is 16.8 Å². The van der Waals surface area contributed by atoms with Crippen LogP contribution < -0.4 is 15.0 Å². The van der Waals surface area contributed by atoms with E-state index in [4.69, 9.17) is 27.9 Å². The molecule has 1 fully saturated rings. The Hall–Kier alpha value is -3.29. The van der Waals surface area contributed by atoms with Gasteiger partial charge in [-0.2, -0.15) is 0 Å². The van der Waals surface area contributed by atoms with Crippen molar-refractivity contribution in [3.63, 3.8) is 0 Å². The lowest BCUT2D eigenvalue weighted by Crippen LogP contribution is -2.35. The van der Waals surface area contributed by atoms with E-state index in [9.17, 15) is 9.59 Å². The summed E-state index contributed by atoms with van der Waals surface area (Å²) >= 11 is 12.2. The molecule has 0 unspecified atom stereocenters. The maximum absolute atomic E-state index is 12.9. The molecule has 0 bridgehead atoms. The maximum atomic E-state index is 12.9. The number of rotatable bonds is 6. The standard InChI is InChI=1S/C25H24Cl2N4O3/c26-18-7-9-21(22(27)15-18)25(33)31-12-4-11-30(13-14-31)23-10-8-19(16-28-23)29-24(32)17-34-20-5-2-1-3-6-20/h1-3,5-10,15-16H,4,11-14,17H2,(H,29,32). The zero-order valence-electron chi connectivity index (χ0n) is 18.4. The van der Waals surface area contributed by atoms with Gasteiger partial charge in [0.2, 0.25) is 0 Å². The fraction of sp³-hybridized carbons (Fsp3) is 0.240. The SMILES string of the molecule is O=C(COc1ccccc1)Nc1ccc(N2CCCN(C(=O)c3ccc(Cl)cc3Cl)CC2)nc1. The summed E-state index contributed by atoms with van der Waals surface area (Å²) < 4.78 is 5.46. The molecule has 0 saturated carbocycles. The highest BCUT2D eigenvalue weighted by Crippen LogP contribution is 2.23. The van der Waals surface area contributed by atoms with E-state index in [0.29, 0.717) is 46.7 Å². The number of ether oxygens (including phenoxy) is 1. The Morgan fingerprint density at radius 2 is 1.79 bits per heavy atom. The summed E-state index contributed by atoms with van der Waals surface area (Å²) in [4.78, 5) is 33.5. The Kier molecular flexibility index (Phi) is 7.87. The Balaban J connectivity index is 1.30. The molecule has 176 valence electrons. The fourth-order valence-corrected chi connectivity index (χ4v) is 4.18. The normalized spacial score (nSPS) is 13.8. The number of nitrogens with zero attached hydrogens (tertiary/aromatic N) is 3. The topological polar surface area (TPSA) is 74.8 Å². The number of nitrogens with one attached hydrogen (secondary N) is 1. The van der Waals surface area contributed by atoms with Crippen LogP contribution in [0.2, 0.25) is 10.0 Å². The molecule has 2 amide bonds. The summed E-state index contributed by atoms with van der Waals surface area (Å²) in [5.41, 5.74) is 1.04. The average molecular weight is 499 g/mol. The van der Waals surface area contributed by atoms with Crippen molar-refractivity contribution in [1.29, 1.82) is 0 Å². The quantitative estimate of drug-likeness (QED) is 0.530. The third kappa shape index (κ3) is 6.18. The lowest BCUT2D eigenvalue weighted by molar-refractivity contribution is -0.118. The number of para-hydroxylation sites is 1. The number of pyridine rings is 1. The van der Waals surface area contributed by atoms with Crippen LogP contribution >= 0.6 is 23.2 Å². The number of carbonyl (C=O) groups is 2. The molecule has 3 aromatic rings. The van der Waals surface area contributed by atoms with E-state index in [0.717, 1.165) is 18.8 Å². The predicted octanol–water partition coefficient (Wildman–Crippen LogP) is 4.76. The van der Waals surface area contributed by atoms with Crippen LogP contribution in [0, 0.1) is 0 Å². The summed E-state index contributed by atoms with van der Waals surface area (Å²) in [6.07, 6.45) is 2.42. The maximum Gasteiger partial charge on any atom is 0.262 e. The van der Waals surface area contributed by atoms with Gasteiger partial charge in [-0.25, -0.2) is 4.98 Å². The second kappa shape index (κ2) is 11.2. The predicted molar refractivity (Wildman–Crippen MR) is 134 cm³/mol. The minimum Gasteiger partial charge on any atom is -0.484 e. The molecule has 1 aliphatic heterocycles. The van der Waals surface area contributed by atoms with Gasteiger partial charge in [0.05, 0.1) is 22.5 Å². The second-order valence-electron chi connectivity index (χ2n) is 7.81. The molecular formula is C25H24Cl2N4O3. The van der Waals surface area contributed by atoms with E-state index in [-0.39, 0.29) is 18.4 Å². The molecule has 34 heavy (non-hydrogen) atoms. The van der Waals surface area contributed by atoms with Gasteiger partial charge in [0.25, 0.3) is 11.8 Å². The third-order valence-electron chi connectivity index (χ3n) is 5.41. The lowest BCUT2D eigenvalue weighted by atomic mass is 10.2. The van der Waals surface area contributed by atoms with Gasteiger partial charge in [-0.05, 0) is 48.9 Å². The van der Waals surface area contributed by atoms with Crippen LogP contribution in [0.4, 0.5) is 11.5 Å². The van der Waals surface area contributed by atoms with Gasteiger partial charge < -0.3 is 19.9 Å². The molecule has 1 N–H and O–H groups in total. The van der Waals surface area contributed by atoms with Crippen molar-refractivity contribution >= 4 is 46.5 Å². The van der Waals surface area contributed by atoms with E-state index in [1.165, 1.54) is 0 Å². The Labute approximate surface area is 208 Å². The molecule has 0 radical (unpaired) electrons. The van der Waals surface area contributed by atoms with E-state index in [2.05, 4.69) is 15.2 Å². The van der Waals surface area contributed by atoms with Crippen molar-refractivity contribution in [1.82, 2.24) is 9.88 Å². The van der Waals surface area contributed by atoms with Gasteiger partial charge in [-0.3, -0.25) is 9.59 Å². The molecule has 0 atom stereocenters. The van der Waals surface area contributed by atoms with Gasteiger partial charge in [0, 0.05) is 31.2 Å². The number of hydrogen-bond acceptors (Lipinski definition) is 5. The van der Waals surface area contributed by atoms with E-state index >= 15 is 0 Å². The first-order chi connectivity index (χ1) is 16.5. The zero-order chi connectivity index (χ0) is 23.9. The largest absolute Gasteiger partial charge is 0.484 e. The van der Waals surface area contributed by atoms with E-state index in [1.807, 2.05) is 30.3 Å². The van der Waals surface area contributed by atoms with Crippen molar-refractivity contribution in [3.8, 4) is 5.75 Å². The molecule has 1 aromatic heterocycles. The van der Waals surface area contributed by atoms with Crippen LogP contribution in [0.5, 0.6) is 5.75 Å². The average Bonchev–Trinajstić information content (AvgIpc) is 3.10. The van der Waals surface area contributed by atoms with Crippen LogP contribution in [0.3, 0.4) is 0 Å². The number of anilines is 2. The Morgan fingerprint density at radius 1 is 0.971 bits per heavy atom. The van der Waals surface area contributed by atoms with Gasteiger partial charge in [-0.1, -0.05) is 41.4 Å². The summed E-state index contributed by atoms with van der Waals surface area (Å²) in [7, 11) is 0. The minimum atomic E-state index is -0.261. The zero-order valence-corrected chi connectivity index (χ0v) is 19.9. The first-order valence-corrected chi connectivity index (χ1v) is 11.7. The van der Waals surface area contributed by atoms with E-state index < -0.39 is 0 Å². The molecular weight excluding hydrogens is 475 g/mol. The molecule has 2 heterocycles. The molecule has 0 spiro atoms. The molecule has 4 rings (SSSR count). The molecule has 2 aromatic carbocycles. The first-order valence-electron chi connectivity index (χ1n) is 10.9. The molecule has 9 heteroatoms. The van der Waals surface area contributed by atoms with Crippen LogP contribution in [-0.2, 0) is 4.79 Å². The Bertz CT molecular complexity index is 1140. The first kappa shape index (κ1) is 23.9. The number of benzene rings is 2. The highest BCUT2D eigenvalue weighted by molar-refractivity contribution is 6.36. The fourth-order valence-electron chi connectivity index (χ4n) is 3.69. The minimum absolute atomic E-state index is 0.0839. The number of halogens is 2. The molecule has 1 aliphatic rings. The van der Waals surface area contributed by atoms with Crippen molar-refractivity contribution in [2.24, 2.45) is 0 Å². The van der Waals surface area contributed by atoms with Gasteiger partial charge in [0.15, 0.2) is 6.61 Å². The molecule has 1 saturated heterocycles. The van der Waals surface area contributed by atoms with E-state index in [1.54, 1.807) is 41.4 Å². The second-order valence-corrected chi connectivity index (χ2v) is 8.66. The van der Waals surface area contributed by atoms with Gasteiger partial charge in [-0.15, -0.1) is 0 Å². The monoisotopic (exact) mass is 498 g/mol. The van der Waals surface area contributed by atoms with Crippen LogP contribution in [0.15, 0.2) is 66.9 Å². The van der Waals surface area contributed by atoms with Crippen molar-refractivity contribution in [3.05, 3.63) is 82.5 Å². The number of aromatic nitrogens is 1. The smallest absolute Gasteiger partial charge is 0.262 e. The summed E-state index contributed by atoms with van der Waals surface area (Å²) in [5.74, 6) is 1.06. The van der Waals surface area contributed by atoms with Crippen molar-refractivity contribution < 1.29 is 14.3 Å². The summed E-state index contributed by atoms with van der Waals surface area (Å²) in [5, 5.41) is 3.64. The number of amides is 2. The highest BCUT2D eigenvalue weighted by atomic mass is 35.5. The van der Waals surface area contributed by atoms with Crippen LogP contribution in [0.25, 0.3) is 0 Å². The molecule has 0 aliphatic carbocycles.